The molecule has 1 aliphatic rings. The van der Waals surface area contributed by atoms with Crippen molar-refractivity contribution < 1.29 is 4.79 Å². The zero-order valence-corrected chi connectivity index (χ0v) is 15.7. The molecule has 136 valence electrons. The molecule has 0 aliphatic carbocycles. The molecular formula is C21H19ClN4O. The van der Waals surface area contributed by atoms with Crippen molar-refractivity contribution in [3.05, 3.63) is 76.6 Å². The molecule has 0 saturated carbocycles. The molecule has 6 heteroatoms. The van der Waals surface area contributed by atoms with Crippen molar-refractivity contribution in [2.45, 2.75) is 19.8 Å². The number of anilines is 3. The lowest BCUT2D eigenvalue weighted by Crippen LogP contribution is -2.36. The summed E-state index contributed by atoms with van der Waals surface area (Å²) in [6.45, 7) is 2.53. The van der Waals surface area contributed by atoms with Gasteiger partial charge >= 0.3 is 0 Å². The van der Waals surface area contributed by atoms with Crippen LogP contribution in [0, 0.1) is 6.92 Å². The van der Waals surface area contributed by atoms with Gasteiger partial charge in [-0.2, -0.15) is 0 Å². The summed E-state index contributed by atoms with van der Waals surface area (Å²) in [4.78, 5) is 23.8. The molecule has 1 amide bonds. The zero-order valence-electron chi connectivity index (χ0n) is 14.9. The second-order valence-electron chi connectivity index (χ2n) is 6.51. The van der Waals surface area contributed by atoms with Crippen LogP contribution in [0.2, 0.25) is 5.02 Å². The van der Waals surface area contributed by atoms with Gasteiger partial charge in [0.2, 0.25) is 5.95 Å². The Morgan fingerprint density at radius 1 is 1.11 bits per heavy atom. The molecule has 1 N–H and O–H groups in total. The van der Waals surface area contributed by atoms with E-state index in [0.717, 1.165) is 18.5 Å². The fourth-order valence-electron chi connectivity index (χ4n) is 3.30. The van der Waals surface area contributed by atoms with Crippen LogP contribution in [-0.2, 0) is 6.42 Å². The Hall–Kier alpha value is -2.92. The number of nitrogens with zero attached hydrogens (tertiary/aromatic N) is 3. The summed E-state index contributed by atoms with van der Waals surface area (Å²) < 4.78 is 0. The number of carbonyl (C=O) groups excluding carboxylic acids is 1. The van der Waals surface area contributed by atoms with Crippen molar-refractivity contribution >= 4 is 34.8 Å². The molecule has 0 bridgehead atoms. The molecule has 0 atom stereocenters. The minimum Gasteiger partial charge on any atom is -0.323 e. The summed E-state index contributed by atoms with van der Waals surface area (Å²) in [5, 5.41) is 3.68. The van der Waals surface area contributed by atoms with Crippen molar-refractivity contribution in [2.75, 3.05) is 16.8 Å². The van der Waals surface area contributed by atoms with Gasteiger partial charge in [0, 0.05) is 17.9 Å². The molecule has 0 saturated heterocycles. The largest absolute Gasteiger partial charge is 0.323 e. The predicted octanol–water partition coefficient (Wildman–Crippen LogP) is 4.78. The highest BCUT2D eigenvalue weighted by molar-refractivity contribution is 6.33. The lowest BCUT2D eigenvalue weighted by atomic mass is 10.0. The van der Waals surface area contributed by atoms with E-state index in [1.807, 2.05) is 43.3 Å². The number of nitrogens with one attached hydrogen (secondary N) is 1. The van der Waals surface area contributed by atoms with Crippen LogP contribution in [0.1, 0.15) is 28.2 Å². The highest BCUT2D eigenvalue weighted by Crippen LogP contribution is 2.28. The molecule has 1 aliphatic heterocycles. The molecule has 5 nitrogen and oxygen atoms in total. The van der Waals surface area contributed by atoms with Crippen LogP contribution in [-0.4, -0.2) is 22.4 Å². The zero-order chi connectivity index (χ0) is 18.8. The lowest BCUT2D eigenvalue weighted by molar-refractivity contribution is 0.0980. The van der Waals surface area contributed by atoms with E-state index in [0.29, 0.717) is 34.6 Å². The predicted molar refractivity (Wildman–Crippen MR) is 108 cm³/mol. The number of halogens is 1. The Morgan fingerprint density at radius 3 is 2.74 bits per heavy atom. The van der Waals surface area contributed by atoms with Crippen molar-refractivity contribution in [3.8, 4) is 0 Å². The summed E-state index contributed by atoms with van der Waals surface area (Å²) in [6.07, 6.45) is 1.93. The molecule has 3 aromatic rings. The first kappa shape index (κ1) is 17.5. The molecule has 27 heavy (non-hydrogen) atoms. The van der Waals surface area contributed by atoms with Gasteiger partial charge in [0.25, 0.3) is 5.91 Å². The van der Waals surface area contributed by atoms with Crippen molar-refractivity contribution in [1.82, 2.24) is 9.97 Å². The maximum absolute atomic E-state index is 13.2. The Morgan fingerprint density at radius 2 is 1.89 bits per heavy atom. The van der Waals surface area contributed by atoms with Gasteiger partial charge in [-0.1, -0.05) is 41.9 Å². The highest BCUT2D eigenvalue weighted by Gasteiger charge is 2.24. The fraction of sp³-hybridized carbons (Fsp3) is 0.190. The van der Waals surface area contributed by atoms with Crippen molar-refractivity contribution in [3.63, 3.8) is 0 Å². The smallest absolute Gasteiger partial charge is 0.277 e. The second kappa shape index (κ2) is 7.37. The Bertz CT molecular complexity index is 1000. The lowest BCUT2D eigenvalue weighted by Gasteiger charge is -2.29. The topological polar surface area (TPSA) is 58.1 Å². The number of fused-ring (bicyclic) bond motifs is 1. The van der Waals surface area contributed by atoms with Crippen LogP contribution in [0.15, 0.2) is 54.6 Å². The Kier molecular flexibility index (Phi) is 4.77. The third kappa shape index (κ3) is 3.64. The number of carbonyl (C=O) groups is 1. The van der Waals surface area contributed by atoms with E-state index < -0.39 is 0 Å². The molecule has 2 heterocycles. The average Bonchev–Trinajstić information content (AvgIpc) is 2.68. The normalized spacial score (nSPS) is 13.2. The molecule has 4 rings (SSSR count). The van der Waals surface area contributed by atoms with Gasteiger partial charge in [-0.15, -0.1) is 0 Å². The van der Waals surface area contributed by atoms with Gasteiger partial charge in [0.05, 0.1) is 10.7 Å². The minimum atomic E-state index is -0.116. The standard InChI is InChI=1S/C21H19ClN4O/c1-14-13-18(25-21(23-14)24-17-10-4-3-9-16(17)22)20(27)26-12-6-8-15-7-2-5-11-19(15)26/h2-5,7,9-11,13H,6,8,12H2,1H3,(H,23,24,25). The minimum absolute atomic E-state index is 0.116. The fourth-order valence-corrected chi connectivity index (χ4v) is 3.48. The van der Waals surface area contributed by atoms with E-state index in [9.17, 15) is 4.79 Å². The van der Waals surface area contributed by atoms with Gasteiger partial charge < -0.3 is 10.2 Å². The SMILES string of the molecule is Cc1cc(C(=O)N2CCCc3ccccc32)nc(Nc2ccccc2Cl)n1. The third-order valence-corrected chi connectivity index (χ3v) is 4.88. The number of hydrogen-bond acceptors (Lipinski definition) is 4. The number of hydrogen-bond donors (Lipinski definition) is 1. The summed E-state index contributed by atoms with van der Waals surface area (Å²) in [7, 11) is 0. The number of benzene rings is 2. The van der Waals surface area contributed by atoms with Crippen LogP contribution in [0.3, 0.4) is 0 Å². The molecule has 0 fully saturated rings. The first-order valence-electron chi connectivity index (χ1n) is 8.89. The van der Waals surface area contributed by atoms with Crippen LogP contribution in [0.5, 0.6) is 0 Å². The Balaban J connectivity index is 1.66. The summed E-state index contributed by atoms with van der Waals surface area (Å²) in [6, 6.07) is 17.1. The summed E-state index contributed by atoms with van der Waals surface area (Å²) in [5.74, 6) is 0.242. The number of para-hydroxylation sites is 2. The molecule has 1 aromatic heterocycles. The van der Waals surface area contributed by atoms with Gasteiger partial charge in [0.15, 0.2) is 0 Å². The number of amides is 1. The van der Waals surface area contributed by atoms with Crippen molar-refractivity contribution in [2.24, 2.45) is 0 Å². The molecular weight excluding hydrogens is 360 g/mol. The monoisotopic (exact) mass is 378 g/mol. The van der Waals surface area contributed by atoms with Gasteiger partial charge in [-0.3, -0.25) is 4.79 Å². The van der Waals surface area contributed by atoms with E-state index in [4.69, 9.17) is 11.6 Å². The summed E-state index contributed by atoms with van der Waals surface area (Å²) >= 11 is 6.20. The quantitative estimate of drug-likeness (QED) is 0.712. The van der Waals surface area contributed by atoms with Gasteiger partial charge in [-0.25, -0.2) is 9.97 Å². The molecule has 0 unspecified atom stereocenters. The van der Waals surface area contributed by atoms with E-state index in [2.05, 4.69) is 21.4 Å². The summed E-state index contributed by atoms with van der Waals surface area (Å²) in [5.41, 5.74) is 3.94. The Labute approximate surface area is 163 Å². The van der Waals surface area contributed by atoms with Crippen LogP contribution < -0.4 is 10.2 Å². The first-order chi connectivity index (χ1) is 13.1. The maximum atomic E-state index is 13.2. The van der Waals surface area contributed by atoms with E-state index >= 15 is 0 Å². The third-order valence-electron chi connectivity index (χ3n) is 4.55. The first-order valence-corrected chi connectivity index (χ1v) is 9.26. The van der Waals surface area contributed by atoms with Gasteiger partial charge in [-0.05, 0) is 49.6 Å². The van der Waals surface area contributed by atoms with Crippen LogP contribution >= 0.6 is 11.6 Å². The number of rotatable bonds is 3. The second-order valence-corrected chi connectivity index (χ2v) is 6.92. The van der Waals surface area contributed by atoms with Crippen LogP contribution in [0.25, 0.3) is 0 Å². The van der Waals surface area contributed by atoms with E-state index in [-0.39, 0.29) is 5.91 Å². The van der Waals surface area contributed by atoms with Crippen LogP contribution in [0.4, 0.5) is 17.3 Å². The molecule has 2 aromatic carbocycles. The van der Waals surface area contributed by atoms with Gasteiger partial charge in [0.1, 0.15) is 5.69 Å². The average molecular weight is 379 g/mol. The molecule has 0 radical (unpaired) electrons. The highest BCUT2D eigenvalue weighted by atomic mass is 35.5. The molecule has 0 spiro atoms. The van der Waals surface area contributed by atoms with E-state index in [1.54, 1.807) is 17.0 Å². The number of aromatic nitrogens is 2. The number of aryl methyl sites for hydroxylation is 2. The maximum Gasteiger partial charge on any atom is 0.277 e. The van der Waals surface area contributed by atoms with Crippen molar-refractivity contribution in [1.29, 1.82) is 0 Å². The van der Waals surface area contributed by atoms with E-state index in [1.165, 1.54) is 5.56 Å².